The lowest BCUT2D eigenvalue weighted by Gasteiger charge is -2.65. The van der Waals surface area contributed by atoms with Crippen molar-refractivity contribution in [2.24, 2.45) is 0 Å². The van der Waals surface area contributed by atoms with E-state index in [0.29, 0.717) is 12.2 Å². The van der Waals surface area contributed by atoms with Crippen molar-refractivity contribution in [3.05, 3.63) is 23.3 Å². The van der Waals surface area contributed by atoms with E-state index in [9.17, 15) is 15.0 Å². The lowest BCUT2D eigenvalue weighted by molar-refractivity contribution is -0.204. The summed E-state index contributed by atoms with van der Waals surface area (Å²) >= 11 is 0. The van der Waals surface area contributed by atoms with Crippen LogP contribution in [0.3, 0.4) is 0 Å². The molecular weight excluding hydrogens is 424 g/mol. The van der Waals surface area contributed by atoms with Crippen LogP contribution in [0, 0.1) is 0 Å². The molecule has 1 spiro atoms. The molecular formula is C25H36N2O6. The predicted octanol–water partition coefficient (Wildman–Crippen LogP) is 1.49. The first-order chi connectivity index (χ1) is 15.6. The van der Waals surface area contributed by atoms with E-state index < -0.39 is 28.6 Å². The quantitative estimate of drug-likeness (QED) is 0.569. The van der Waals surface area contributed by atoms with Crippen LogP contribution in [0.15, 0.2) is 12.1 Å². The Morgan fingerprint density at radius 3 is 2.79 bits per heavy atom. The van der Waals surface area contributed by atoms with E-state index in [1.807, 2.05) is 26.8 Å². The highest BCUT2D eigenvalue weighted by atomic mass is 16.6. The second-order valence-corrected chi connectivity index (χ2v) is 11.1. The van der Waals surface area contributed by atoms with Gasteiger partial charge in [-0.25, -0.2) is 0 Å². The number of aliphatic hydroxyl groups is 1. The molecule has 8 heteroatoms. The Hall–Kier alpha value is -1.87. The highest BCUT2D eigenvalue weighted by molar-refractivity contribution is 5.76. The Kier molecular flexibility index (Phi) is 5.25. The van der Waals surface area contributed by atoms with E-state index in [4.69, 9.17) is 14.2 Å². The van der Waals surface area contributed by atoms with E-state index in [1.165, 1.54) is 5.56 Å². The van der Waals surface area contributed by atoms with Gasteiger partial charge in [-0.1, -0.05) is 6.07 Å². The van der Waals surface area contributed by atoms with Crippen molar-refractivity contribution in [1.82, 2.24) is 10.2 Å². The standard InChI is InChI=1S/C25H36N2O6/c1-23(2,3)33-22(30)16(13-28)26-15-8-9-25(31-5)18-12-14-6-7-17(29)20-19(14)24(25,21(15)32-20)10-11-27(18)4/h6-7,15-16,18,21,26,28-29H,8-13H2,1-5H3/t15-,16+,18-,21+,24+,25-/m1/s1. The van der Waals surface area contributed by atoms with Gasteiger partial charge in [-0.3, -0.25) is 10.1 Å². The maximum Gasteiger partial charge on any atom is 0.326 e. The van der Waals surface area contributed by atoms with Crippen molar-refractivity contribution in [1.29, 1.82) is 0 Å². The minimum Gasteiger partial charge on any atom is -0.504 e. The Balaban J connectivity index is 1.56. The molecule has 8 nitrogen and oxygen atoms in total. The van der Waals surface area contributed by atoms with Crippen LogP contribution < -0.4 is 10.1 Å². The van der Waals surface area contributed by atoms with Crippen LogP contribution in [-0.4, -0.2) is 83.8 Å². The molecule has 1 saturated heterocycles. The summed E-state index contributed by atoms with van der Waals surface area (Å²) in [7, 11) is 3.95. The molecule has 0 amide bonds. The molecule has 0 radical (unpaired) electrons. The zero-order valence-corrected chi connectivity index (χ0v) is 20.2. The number of hydrogen-bond acceptors (Lipinski definition) is 8. The second-order valence-electron chi connectivity index (χ2n) is 11.1. The van der Waals surface area contributed by atoms with Gasteiger partial charge in [0.15, 0.2) is 11.5 Å². The zero-order valence-electron chi connectivity index (χ0n) is 20.2. The van der Waals surface area contributed by atoms with Crippen molar-refractivity contribution >= 4 is 5.97 Å². The number of hydrogen-bond donors (Lipinski definition) is 3. The van der Waals surface area contributed by atoms with Gasteiger partial charge >= 0.3 is 5.97 Å². The van der Waals surface area contributed by atoms with Crippen LogP contribution in [-0.2, 0) is 26.1 Å². The van der Waals surface area contributed by atoms with Gasteiger partial charge in [0.25, 0.3) is 0 Å². The van der Waals surface area contributed by atoms with Gasteiger partial charge in [0.05, 0.1) is 17.6 Å². The number of esters is 1. The lowest BCUT2D eigenvalue weighted by Crippen LogP contribution is -2.78. The molecule has 5 rings (SSSR count). The van der Waals surface area contributed by atoms with Gasteiger partial charge in [0, 0.05) is 24.8 Å². The molecule has 2 bridgehead atoms. The third-order valence-corrected chi connectivity index (χ3v) is 8.34. The minimum absolute atomic E-state index is 0.143. The fourth-order valence-electron chi connectivity index (χ4n) is 7.14. The number of methoxy groups -OCH3 is 1. The number of likely N-dealkylation sites (tertiary alicyclic amines) is 1. The Bertz CT molecular complexity index is 961. The topological polar surface area (TPSA) is 100 Å². The number of ether oxygens (including phenoxy) is 3. The molecule has 0 aromatic heterocycles. The largest absolute Gasteiger partial charge is 0.504 e. The summed E-state index contributed by atoms with van der Waals surface area (Å²) < 4.78 is 18.5. The van der Waals surface area contributed by atoms with Crippen LogP contribution in [0.4, 0.5) is 0 Å². The molecule has 1 aromatic rings. The van der Waals surface area contributed by atoms with Crippen LogP contribution in [0.1, 0.15) is 51.2 Å². The first-order valence-corrected chi connectivity index (χ1v) is 11.9. The molecule has 182 valence electrons. The molecule has 2 aliphatic heterocycles. The van der Waals surface area contributed by atoms with Crippen LogP contribution in [0.2, 0.25) is 0 Å². The van der Waals surface area contributed by atoms with E-state index in [2.05, 4.69) is 17.3 Å². The molecule has 0 unspecified atom stereocenters. The van der Waals surface area contributed by atoms with Crippen molar-refractivity contribution < 1.29 is 29.2 Å². The molecule has 3 N–H and O–H groups in total. The van der Waals surface area contributed by atoms with Crippen molar-refractivity contribution in [3.8, 4) is 11.5 Å². The molecule has 2 heterocycles. The van der Waals surface area contributed by atoms with Crippen LogP contribution in [0.25, 0.3) is 0 Å². The molecule has 1 saturated carbocycles. The third kappa shape index (κ3) is 3.07. The number of nitrogens with zero attached hydrogens (tertiary/aromatic N) is 1. The molecule has 2 fully saturated rings. The molecule has 6 atom stereocenters. The van der Waals surface area contributed by atoms with Crippen molar-refractivity contribution in [3.63, 3.8) is 0 Å². The number of benzene rings is 1. The molecule has 1 aromatic carbocycles. The molecule has 4 aliphatic rings. The van der Waals surface area contributed by atoms with Crippen LogP contribution in [0.5, 0.6) is 11.5 Å². The number of rotatable bonds is 5. The number of likely N-dealkylation sites (N-methyl/N-ethyl adjacent to an activating group) is 1. The zero-order chi connectivity index (χ0) is 23.8. The van der Waals surface area contributed by atoms with Gasteiger partial charge in [-0.2, -0.15) is 0 Å². The highest BCUT2D eigenvalue weighted by Gasteiger charge is 2.73. The fraction of sp³-hybridized carbons (Fsp3) is 0.720. The number of piperidine rings is 1. The monoisotopic (exact) mass is 460 g/mol. The third-order valence-electron chi connectivity index (χ3n) is 8.34. The van der Waals surface area contributed by atoms with Crippen LogP contribution >= 0.6 is 0 Å². The lowest BCUT2D eigenvalue weighted by atomic mass is 9.48. The number of aromatic hydroxyl groups is 1. The maximum absolute atomic E-state index is 12.8. The van der Waals surface area contributed by atoms with Gasteiger partial charge in [-0.05, 0) is 71.7 Å². The first kappa shape index (κ1) is 22.9. The van der Waals surface area contributed by atoms with E-state index in [0.717, 1.165) is 31.4 Å². The van der Waals surface area contributed by atoms with Gasteiger partial charge in [-0.15, -0.1) is 0 Å². The van der Waals surface area contributed by atoms with E-state index in [1.54, 1.807) is 13.2 Å². The van der Waals surface area contributed by atoms with E-state index in [-0.39, 0.29) is 30.5 Å². The summed E-state index contributed by atoms with van der Waals surface area (Å²) in [4.78, 5) is 15.2. The normalized spacial score (nSPS) is 35.5. The Morgan fingerprint density at radius 1 is 1.36 bits per heavy atom. The smallest absolute Gasteiger partial charge is 0.326 e. The summed E-state index contributed by atoms with van der Waals surface area (Å²) in [5, 5.41) is 24.1. The SMILES string of the molecule is CO[C@@]12CC[C@@H](N[C@@H](CO)C(=O)OC(C)(C)C)[C@@H]3Oc4c(O)ccc5c4[C@@]31CCN(C)[C@@H]2C5. The number of carbonyl (C=O) groups excluding carboxylic acids is 1. The van der Waals surface area contributed by atoms with Crippen molar-refractivity contribution in [2.45, 2.75) is 87.3 Å². The summed E-state index contributed by atoms with van der Waals surface area (Å²) in [5.41, 5.74) is 0.734. The Labute approximate surface area is 195 Å². The molecule has 33 heavy (non-hydrogen) atoms. The summed E-state index contributed by atoms with van der Waals surface area (Å²) in [6.45, 7) is 5.97. The second kappa shape index (κ2) is 7.57. The van der Waals surface area contributed by atoms with Gasteiger partial charge in [0.2, 0.25) is 0 Å². The highest BCUT2D eigenvalue weighted by Crippen LogP contribution is 2.66. The first-order valence-electron chi connectivity index (χ1n) is 11.9. The van der Waals surface area contributed by atoms with Gasteiger partial charge < -0.3 is 29.3 Å². The summed E-state index contributed by atoms with van der Waals surface area (Å²) in [5.74, 6) is 0.216. The number of carbonyl (C=O) groups is 1. The Morgan fingerprint density at radius 2 is 2.12 bits per heavy atom. The van der Waals surface area contributed by atoms with Crippen molar-refractivity contribution in [2.75, 3.05) is 27.3 Å². The fourth-order valence-corrected chi connectivity index (χ4v) is 7.14. The maximum atomic E-state index is 12.8. The number of phenols is 1. The minimum atomic E-state index is -0.855. The van der Waals surface area contributed by atoms with Gasteiger partial charge in [0.1, 0.15) is 17.7 Å². The average molecular weight is 461 g/mol. The predicted molar refractivity (Wildman–Crippen MR) is 122 cm³/mol. The summed E-state index contributed by atoms with van der Waals surface area (Å²) in [6.07, 6.45) is 2.85. The number of aliphatic hydroxyl groups excluding tert-OH is 1. The number of nitrogens with one attached hydrogen (secondary N) is 1. The summed E-state index contributed by atoms with van der Waals surface area (Å²) in [6, 6.07) is 2.87. The van der Waals surface area contributed by atoms with E-state index >= 15 is 0 Å². The average Bonchev–Trinajstić information content (AvgIpc) is 3.11. The molecule has 2 aliphatic carbocycles. The number of phenolic OH excluding ortho intramolecular Hbond substituents is 1.